The molecular formula is C10H16+2. The molecule has 0 spiro atoms. The molecule has 0 rings (SSSR count). The maximum absolute atomic E-state index is 5.34. The standard InChI is InChI=1S/C10H16/c1-5-7-8-10(4)9(3)6-2/h2,6-7,9H,4-5,8H2,1,3H3/q+2. The monoisotopic (exact) mass is 136 g/mol. The fourth-order valence-electron chi connectivity index (χ4n) is 0.652. The van der Waals surface area contributed by atoms with Gasteiger partial charge in [-0.2, -0.15) is 0 Å². The fourth-order valence-corrected chi connectivity index (χ4v) is 0.652. The van der Waals surface area contributed by atoms with Crippen molar-refractivity contribution in [2.45, 2.75) is 26.7 Å². The first-order valence-corrected chi connectivity index (χ1v) is 3.76. The number of hydrogen-bond acceptors (Lipinski definition) is 0. The van der Waals surface area contributed by atoms with Crippen LogP contribution in [-0.2, 0) is 0 Å². The van der Waals surface area contributed by atoms with Crippen LogP contribution in [0, 0.1) is 18.9 Å². The molecule has 0 bridgehead atoms. The Morgan fingerprint density at radius 2 is 2.40 bits per heavy atom. The Labute approximate surface area is 64.6 Å². The van der Waals surface area contributed by atoms with Gasteiger partial charge >= 0.3 is 0 Å². The Morgan fingerprint density at radius 1 is 1.80 bits per heavy atom. The van der Waals surface area contributed by atoms with Gasteiger partial charge in [0, 0.05) is 5.92 Å². The van der Waals surface area contributed by atoms with Gasteiger partial charge in [-0.25, -0.2) is 0 Å². The number of unbranched alkanes of at least 4 members (excludes halogenated alkanes) is 1. The highest BCUT2D eigenvalue weighted by molar-refractivity contribution is 5.07. The lowest BCUT2D eigenvalue weighted by Crippen LogP contribution is -1.93. The first-order chi connectivity index (χ1) is 4.72. The van der Waals surface area contributed by atoms with Crippen molar-refractivity contribution >= 4 is 0 Å². The summed E-state index contributed by atoms with van der Waals surface area (Å²) in [7, 11) is 0. The molecule has 0 radical (unpaired) electrons. The van der Waals surface area contributed by atoms with Gasteiger partial charge in [0.15, 0.2) is 6.08 Å². The molecule has 54 valence electrons. The molecule has 0 aliphatic rings. The summed E-state index contributed by atoms with van der Waals surface area (Å²) in [6.07, 6.45) is 6.00. The smallest absolute Gasteiger partial charge is 0.0949 e. The zero-order valence-electron chi connectivity index (χ0n) is 6.93. The van der Waals surface area contributed by atoms with Crippen molar-refractivity contribution in [1.82, 2.24) is 0 Å². The molecular weight excluding hydrogens is 120 g/mol. The third kappa shape index (κ3) is 3.32. The molecule has 1 unspecified atom stereocenters. The number of hydrogen-bond donors (Lipinski definition) is 0. The van der Waals surface area contributed by atoms with Crippen molar-refractivity contribution in [3.05, 3.63) is 31.2 Å². The average Bonchev–Trinajstić information content (AvgIpc) is 1.98. The first kappa shape index (κ1) is 9.26. The second-order valence-electron chi connectivity index (χ2n) is 2.54. The van der Waals surface area contributed by atoms with Gasteiger partial charge in [0.1, 0.15) is 6.42 Å². The van der Waals surface area contributed by atoms with Crippen LogP contribution in [0.2, 0.25) is 0 Å². The minimum absolute atomic E-state index is 0.350. The van der Waals surface area contributed by atoms with Crippen molar-refractivity contribution < 1.29 is 0 Å². The van der Waals surface area contributed by atoms with E-state index in [-0.39, 0.29) is 0 Å². The van der Waals surface area contributed by atoms with Crippen molar-refractivity contribution in [1.29, 1.82) is 0 Å². The van der Waals surface area contributed by atoms with E-state index < -0.39 is 0 Å². The predicted molar refractivity (Wildman–Crippen MR) is 46.4 cm³/mol. The predicted octanol–water partition coefficient (Wildman–Crippen LogP) is 3.17. The molecule has 10 heavy (non-hydrogen) atoms. The summed E-state index contributed by atoms with van der Waals surface area (Å²) >= 11 is 0. The lowest BCUT2D eigenvalue weighted by Gasteiger charge is -1.99. The Hall–Kier alpha value is -0.740. The molecule has 1 atom stereocenters. The van der Waals surface area contributed by atoms with Crippen LogP contribution in [0.3, 0.4) is 0 Å². The Balaban J connectivity index is 3.51. The Morgan fingerprint density at radius 3 is 2.80 bits per heavy atom. The van der Waals surface area contributed by atoms with E-state index in [2.05, 4.69) is 26.8 Å². The molecule has 0 aromatic carbocycles. The van der Waals surface area contributed by atoms with Gasteiger partial charge in [-0.3, -0.25) is 0 Å². The van der Waals surface area contributed by atoms with Crippen molar-refractivity contribution in [2.24, 2.45) is 5.92 Å². The van der Waals surface area contributed by atoms with Gasteiger partial charge in [-0.05, 0) is 12.5 Å². The lowest BCUT2D eigenvalue weighted by atomic mass is 9.98. The van der Waals surface area contributed by atoms with Crippen LogP contribution in [0.5, 0.6) is 0 Å². The SMILES string of the molecule is [CH+]=CC(C)C(=C)C[CH+]CC. The molecule has 0 heterocycles. The van der Waals surface area contributed by atoms with Gasteiger partial charge in [-0.1, -0.05) is 13.5 Å². The van der Waals surface area contributed by atoms with Gasteiger partial charge < -0.3 is 0 Å². The fraction of sp³-hybridized carbons (Fsp3) is 0.500. The second-order valence-corrected chi connectivity index (χ2v) is 2.54. The minimum atomic E-state index is 0.350. The molecule has 0 fully saturated rings. The zero-order valence-corrected chi connectivity index (χ0v) is 6.93. The van der Waals surface area contributed by atoms with E-state index >= 15 is 0 Å². The molecule has 0 saturated carbocycles. The highest BCUT2D eigenvalue weighted by atomic mass is 14.0. The van der Waals surface area contributed by atoms with E-state index in [9.17, 15) is 0 Å². The van der Waals surface area contributed by atoms with Crippen molar-refractivity contribution in [3.8, 4) is 0 Å². The van der Waals surface area contributed by atoms with Gasteiger partial charge in [-0.15, -0.1) is 0 Å². The molecule has 0 saturated heterocycles. The van der Waals surface area contributed by atoms with E-state index in [1.165, 1.54) is 5.57 Å². The van der Waals surface area contributed by atoms with Crippen LogP contribution in [0.1, 0.15) is 26.7 Å². The first-order valence-electron chi connectivity index (χ1n) is 3.76. The van der Waals surface area contributed by atoms with Gasteiger partial charge in [0.2, 0.25) is 6.58 Å². The quantitative estimate of drug-likeness (QED) is 0.402. The lowest BCUT2D eigenvalue weighted by molar-refractivity contribution is 0.807. The summed E-state index contributed by atoms with van der Waals surface area (Å²) < 4.78 is 0. The van der Waals surface area contributed by atoms with E-state index in [1.54, 1.807) is 6.08 Å². The van der Waals surface area contributed by atoms with Crippen LogP contribution in [-0.4, -0.2) is 0 Å². The van der Waals surface area contributed by atoms with Crippen molar-refractivity contribution in [3.63, 3.8) is 0 Å². The summed E-state index contributed by atoms with van der Waals surface area (Å²) in [5.41, 5.74) is 1.20. The molecule has 0 aromatic rings. The van der Waals surface area contributed by atoms with E-state index in [4.69, 9.17) is 6.58 Å². The van der Waals surface area contributed by atoms with E-state index in [0.717, 1.165) is 12.8 Å². The molecule has 0 heteroatoms. The highest BCUT2D eigenvalue weighted by Crippen LogP contribution is 2.14. The maximum atomic E-state index is 5.34. The molecule has 0 N–H and O–H groups in total. The third-order valence-electron chi connectivity index (χ3n) is 1.63. The van der Waals surface area contributed by atoms with Crippen LogP contribution < -0.4 is 0 Å². The highest BCUT2D eigenvalue weighted by Gasteiger charge is 2.08. The molecule has 0 amide bonds. The Bertz CT molecular complexity index is 111. The summed E-state index contributed by atoms with van der Waals surface area (Å²) in [6.45, 7) is 13.5. The number of allylic oxidation sites excluding steroid dienone is 2. The van der Waals surface area contributed by atoms with Crippen LogP contribution in [0.25, 0.3) is 0 Å². The van der Waals surface area contributed by atoms with Crippen LogP contribution in [0.4, 0.5) is 0 Å². The molecule has 0 nitrogen and oxygen atoms in total. The van der Waals surface area contributed by atoms with Gasteiger partial charge in [0.25, 0.3) is 0 Å². The molecule has 0 aliphatic carbocycles. The topological polar surface area (TPSA) is 0 Å². The normalized spacial score (nSPS) is 12.1. The zero-order chi connectivity index (χ0) is 7.98. The van der Waals surface area contributed by atoms with Crippen molar-refractivity contribution in [2.75, 3.05) is 0 Å². The third-order valence-corrected chi connectivity index (χ3v) is 1.63. The minimum Gasteiger partial charge on any atom is -0.0949 e. The number of rotatable bonds is 5. The second kappa shape index (κ2) is 5.08. The molecule has 0 aliphatic heterocycles. The van der Waals surface area contributed by atoms with E-state index in [1.807, 2.05) is 0 Å². The summed E-state index contributed by atoms with van der Waals surface area (Å²) in [5, 5.41) is 0. The summed E-state index contributed by atoms with van der Waals surface area (Å²) in [4.78, 5) is 0. The average molecular weight is 136 g/mol. The summed E-state index contributed by atoms with van der Waals surface area (Å²) in [5.74, 6) is 0.350. The van der Waals surface area contributed by atoms with Crippen LogP contribution in [0.15, 0.2) is 18.2 Å². The summed E-state index contributed by atoms with van der Waals surface area (Å²) in [6, 6.07) is 0. The van der Waals surface area contributed by atoms with E-state index in [0.29, 0.717) is 5.92 Å². The molecule has 0 aromatic heterocycles. The van der Waals surface area contributed by atoms with Crippen LogP contribution >= 0.6 is 0 Å². The maximum Gasteiger partial charge on any atom is 0.202 e. The Kier molecular flexibility index (Phi) is 4.70. The van der Waals surface area contributed by atoms with Gasteiger partial charge in [0.05, 0.1) is 12.8 Å². The largest absolute Gasteiger partial charge is 0.202 e.